The van der Waals surface area contributed by atoms with Crippen LogP contribution in [0, 0.1) is 5.92 Å². The highest BCUT2D eigenvalue weighted by Gasteiger charge is 2.57. The van der Waals surface area contributed by atoms with E-state index >= 15 is 0 Å². The molecule has 54 heavy (non-hydrogen) atoms. The van der Waals surface area contributed by atoms with Gasteiger partial charge in [-0.15, -0.1) is 0 Å². The molecule has 4 fully saturated rings. The quantitative estimate of drug-likeness (QED) is 0.0824. The number of amides is 2. The Balaban J connectivity index is 1.62. The number of rotatable bonds is 13. The van der Waals surface area contributed by atoms with Crippen LogP contribution in [-0.4, -0.2) is 212 Å². The Hall–Kier alpha value is -2.76. The maximum atomic E-state index is 12.5. The molecule has 20 atom stereocenters. The van der Waals surface area contributed by atoms with Crippen molar-refractivity contribution >= 4 is 23.8 Å². The third-order valence-corrected chi connectivity index (χ3v) is 9.51. The molecular formula is C30H48N2O22. The first-order valence-corrected chi connectivity index (χ1v) is 16.8. The second kappa shape index (κ2) is 18.5. The molecule has 0 saturated carbocycles. The molecule has 4 heterocycles. The first-order chi connectivity index (χ1) is 25.4. The molecule has 4 aliphatic rings. The molecule has 4 rings (SSSR count). The summed E-state index contributed by atoms with van der Waals surface area (Å²) in [6.07, 6.45) is -31.5. The van der Waals surface area contributed by atoms with Gasteiger partial charge in [0.1, 0.15) is 73.1 Å². The van der Waals surface area contributed by atoms with Crippen molar-refractivity contribution in [2.75, 3.05) is 20.3 Å². The third kappa shape index (κ3) is 9.26. The minimum Gasteiger partial charge on any atom is -0.479 e. The minimum atomic E-state index is -2.25. The van der Waals surface area contributed by atoms with Crippen molar-refractivity contribution in [2.24, 2.45) is 5.92 Å². The predicted molar refractivity (Wildman–Crippen MR) is 166 cm³/mol. The van der Waals surface area contributed by atoms with Gasteiger partial charge in [-0.3, -0.25) is 9.59 Å². The summed E-state index contributed by atoms with van der Waals surface area (Å²) < 4.78 is 44.4. The van der Waals surface area contributed by atoms with E-state index in [1.165, 1.54) is 14.0 Å². The lowest BCUT2D eigenvalue weighted by Gasteiger charge is -2.50. The molecule has 310 valence electrons. The van der Waals surface area contributed by atoms with Crippen LogP contribution in [0.5, 0.6) is 0 Å². The number of aliphatic hydroxyl groups excluding tert-OH is 8. The minimum absolute atomic E-state index is 0.650. The van der Waals surface area contributed by atoms with Gasteiger partial charge < -0.3 is 99.6 Å². The number of carbonyl (C=O) groups excluding carboxylic acids is 2. The van der Waals surface area contributed by atoms with E-state index in [9.17, 15) is 70.2 Å². The molecule has 12 unspecified atom stereocenters. The summed E-state index contributed by atoms with van der Waals surface area (Å²) in [4.78, 5) is 48.7. The highest BCUT2D eigenvalue weighted by molar-refractivity contribution is 5.74. The lowest BCUT2D eigenvalue weighted by molar-refractivity contribution is -0.368. The Morgan fingerprint density at radius 3 is 1.39 bits per heavy atom. The van der Waals surface area contributed by atoms with Gasteiger partial charge in [0, 0.05) is 26.9 Å². The number of carboxylic acid groups (broad SMARTS) is 2. The molecule has 0 spiro atoms. The van der Waals surface area contributed by atoms with Crippen LogP contribution in [0.1, 0.15) is 20.8 Å². The van der Waals surface area contributed by atoms with E-state index in [-0.39, 0.29) is 0 Å². The van der Waals surface area contributed by atoms with Gasteiger partial charge in [0.15, 0.2) is 37.4 Å². The monoisotopic (exact) mass is 788 g/mol. The van der Waals surface area contributed by atoms with Gasteiger partial charge in [0.25, 0.3) is 0 Å². The molecule has 0 aromatic heterocycles. The number of methoxy groups -OCH3 is 1. The second-order valence-corrected chi connectivity index (χ2v) is 13.3. The molecule has 0 aliphatic carbocycles. The van der Waals surface area contributed by atoms with Crippen LogP contribution in [0.2, 0.25) is 0 Å². The van der Waals surface area contributed by atoms with Crippen molar-refractivity contribution in [3.8, 4) is 0 Å². The summed E-state index contributed by atoms with van der Waals surface area (Å²) in [5, 5.41) is 110. The molecule has 24 nitrogen and oxygen atoms in total. The van der Waals surface area contributed by atoms with Gasteiger partial charge in [0.05, 0.1) is 19.3 Å². The zero-order chi connectivity index (χ0) is 40.3. The van der Waals surface area contributed by atoms with Crippen molar-refractivity contribution in [3.05, 3.63) is 0 Å². The van der Waals surface area contributed by atoms with Crippen LogP contribution in [0.25, 0.3) is 0 Å². The van der Waals surface area contributed by atoms with E-state index in [2.05, 4.69) is 10.6 Å². The molecule has 0 radical (unpaired) electrons. The van der Waals surface area contributed by atoms with Crippen molar-refractivity contribution in [1.29, 1.82) is 0 Å². The largest absolute Gasteiger partial charge is 0.479 e. The standard InChI is InChI=1S/C30H48N2O22/c1-7-14(37)18(41)29(50-20(7)25(43)44)52-22-13(32-9(3)36)28(49-11(6-34)16(22)39)53-23-17(40)19(42)30(54-24(23)26(45)46)51-21-12(31-8(2)35)27(47-4)48-10(5-33)15(21)38/h7,10-24,27-30,33-34,37-42H,5-6H2,1-4H3,(H,31,35)(H,32,36)(H,43,44)(H,45,46)/t7-,10?,11?,12?,13?,14-,15-,16-,17+,18?,19?,20?,21?,22?,23-,24?,27?,28?,29+,30-/m1/s1. The molecule has 0 bridgehead atoms. The predicted octanol–water partition coefficient (Wildman–Crippen LogP) is -7.35. The second-order valence-electron chi connectivity index (χ2n) is 13.3. The van der Waals surface area contributed by atoms with E-state index in [0.717, 1.165) is 13.8 Å². The molecule has 0 aromatic carbocycles. The summed E-state index contributed by atoms with van der Waals surface area (Å²) in [6.45, 7) is 1.67. The zero-order valence-electron chi connectivity index (χ0n) is 29.3. The Morgan fingerprint density at radius 2 is 0.963 bits per heavy atom. The lowest BCUT2D eigenvalue weighted by atomic mass is 9.90. The Kier molecular flexibility index (Phi) is 15.0. The highest BCUT2D eigenvalue weighted by atomic mass is 16.8. The lowest BCUT2D eigenvalue weighted by Crippen LogP contribution is -2.70. The third-order valence-electron chi connectivity index (χ3n) is 9.51. The number of hydrogen-bond donors (Lipinski definition) is 12. The van der Waals surface area contributed by atoms with Crippen LogP contribution in [0.4, 0.5) is 0 Å². The molecule has 4 aliphatic heterocycles. The summed E-state index contributed by atoms with van der Waals surface area (Å²) in [5.41, 5.74) is 0. The maximum Gasteiger partial charge on any atom is 0.335 e. The van der Waals surface area contributed by atoms with Gasteiger partial charge in [-0.05, 0) is 0 Å². The van der Waals surface area contributed by atoms with Crippen molar-refractivity contribution < 1.29 is 108 Å². The normalized spacial score (nSPS) is 45.6. The molecule has 12 N–H and O–H groups in total. The number of nitrogens with one attached hydrogen (secondary N) is 2. The average molecular weight is 789 g/mol. The number of ether oxygens (including phenoxy) is 8. The average Bonchev–Trinajstić information content (AvgIpc) is 3.10. The van der Waals surface area contributed by atoms with Crippen LogP contribution < -0.4 is 10.6 Å². The Labute approximate surface area is 306 Å². The summed E-state index contributed by atoms with van der Waals surface area (Å²) in [7, 11) is 1.18. The fourth-order valence-corrected chi connectivity index (χ4v) is 6.71. The number of aliphatic carboxylic acids is 2. The van der Waals surface area contributed by atoms with Gasteiger partial charge in [-0.25, -0.2) is 9.59 Å². The molecular weight excluding hydrogens is 740 g/mol. The van der Waals surface area contributed by atoms with E-state index in [4.69, 9.17) is 37.9 Å². The summed E-state index contributed by atoms with van der Waals surface area (Å²) >= 11 is 0. The van der Waals surface area contributed by atoms with E-state index in [0.29, 0.717) is 0 Å². The summed E-state index contributed by atoms with van der Waals surface area (Å²) in [6, 6.07) is -3.05. The topological polar surface area (TPSA) is 368 Å². The fourth-order valence-electron chi connectivity index (χ4n) is 6.71. The summed E-state index contributed by atoms with van der Waals surface area (Å²) in [5.74, 6) is -5.95. The fraction of sp³-hybridized carbons (Fsp3) is 0.867. The maximum absolute atomic E-state index is 12.5. The molecule has 0 aromatic rings. The van der Waals surface area contributed by atoms with Crippen LogP contribution >= 0.6 is 0 Å². The van der Waals surface area contributed by atoms with Crippen molar-refractivity contribution in [2.45, 2.75) is 137 Å². The van der Waals surface area contributed by atoms with E-state index in [1.807, 2.05) is 0 Å². The Bertz CT molecular complexity index is 1310. The van der Waals surface area contributed by atoms with Gasteiger partial charge in [-0.2, -0.15) is 0 Å². The zero-order valence-corrected chi connectivity index (χ0v) is 29.3. The Morgan fingerprint density at radius 1 is 0.556 bits per heavy atom. The van der Waals surface area contributed by atoms with Crippen LogP contribution in [-0.2, 0) is 57.1 Å². The smallest absolute Gasteiger partial charge is 0.335 e. The van der Waals surface area contributed by atoms with E-state index in [1.54, 1.807) is 0 Å². The number of aliphatic hydroxyl groups is 8. The molecule has 2 amide bonds. The van der Waals surface area contributed by atoms with Gasteiger partial charge in [-0.1, -0.05) is 6.92 Å². The van der Waals surface area contributed by atoms with Crippen molar-refractivity contribution in [1.82, 2.24) is 10.6 Å². The number of hydrogen-bond acceptors (Lipinski definition) is 20. The van der Waals surface area contributed by atoms with E-state index < -0.39 is 159 Å². The molecule has 4 saturated heterocycles. The van der Waals surface area contributed by atoms with Crippen LogP contribution in [0.3, 0.4) is 0 Å². The molecule has 24 heteroatoms. The first-order valence-electron chi connectivity index (χ1n) is 16.8. The van der Waals surface area contributed by atoms with Crippen LogP contribution in [0.15, 0.2) is 0 Å². The number of carboxylic acids is 2. The first kappa shape index (κ1) is 44.0. The van der Waals surface area contributed by atoms with Crippen molar-refractivity contribution in [3.63, 3.8) is 0 Å². The van der Waals surface area contributed by atoms with Gasteiger partial charge in [0.2, 0.25) is 11.8 Å². The number of carbonyl (C=O) groups is 4. The SMILES string of the molecule is COC1OC(CO)[C@@H](O)C(O[C@@H]2OC(C(=O)O)[C@H](OC3OC(CO)[C@@H](O)C(O[C@@H]4OC(C(=O)O)[C@H](C)[C@@H](O)C4O)C3NC(C)=O)[C@@H](O)C2O)C1NC(C)=O. The van der Waals surface area contributed by atoms with Gasteiger partial charge >= 0.3 is 11.9 Å². The highest BCUT2D eigenvalue weighted by Crippen LogP contribution is 2.35.